The van der Waals surface area contributed by atoms with Crippen molar-refractivity contribution in [1.82, 2.24) is 10.2 Å². The van der Waals surface area contributed by atoms with Gasteiger partial charge in [-0.1, -0.05) is 40.5 Å². The number of carbonyl (C=O) groups excluding carboxylic acids is 2. The smallest absolute Gasteiger partial charge is 0.243 e. The second-order valence-electron chi connectivity index (χ2n) is 6.38. The van der Waals surface area contributed by atoms with E-state index in [2.05, 4.69) is 26.1 Å². The molecule has 110 valence electrons. The summed E-state index contributed by atoms with van der Waals surface area (Å²) in [5.74, 6) is 0.880. The first kappa shape index (κ1) is 16.0. The molecule has 1 saturated heterocycles. The van der Waals surface area contributed by atoms with E-state index in [1.807, 2.05) is 18.7 Å². The molecule has 2 atom stereocenters. The SMILES string of the molecule is CC(C)CCCC(C)N1C(=O)CNC(=O)C1C(C)C. The van der Waals surface area contributed by atoms with Crippen LogP contribution in [-0.2, 0) is 9.59 Å². The number of amides is 2. The average Bonchev–Trinajstić information content (AvgIpc) is 2.30. The van der Waals surface area contributed by atoms with Gasteiger partial charge in [0, 0.05) is 6.04 Å². The second-order valence-corrected chi connectivity index (χ2v) is 6.38. The van der Waals surface area contributed by atoms with Gasteiger partial charge in [-0.2, -0.15) is 0 Å². The molecule has 0 aromatic heterocycles. The molecule has 0 aromatic rings. The largest absolute Gasteiger partial charge is 0.345 e. The third kappa shape index (κ3) is 4.22. The first-order chi connectivity index (χ1) is 8.84. The average molecular weight is 268 g/mol. The van der Waals surface area contributed by atoms with E-state index in [-0.39, 0.29) is 36.4 Å². The van der Waals surface area contributed by atoms with E-state index in [0.29, 0.717) is 5.92 Å². The van der Waals surface area contributed by atoms with Crippen LogP contribution >= 0.6 is 0 Å². The molecule has 0 spiro atoms. The Labute approximate surface area is 116 Å². The lowest BCUT2D eigenvalue weighted by atomic mass is 9.95. The highest BCUT2D eigenvalue weighted by atomic mass is 16.2. The molecule has 1 heterocycles. The van der Waals surface area contributed by atoms with Crippen LogP contribution in [0.1, 0.15) is 53.9 Å². The number of rotatable bonds is 6. The van der Waals surface area contributed by atoms with Gasteiger partial charge in [0.05, 0.1) is 6.54 Å². The van der Waals surface area contributed by atoms with E-state index in [0.717, 1.165) is 12.8 Å². The highest BCUT2D eigenvalue weighted by Gasteiger charge is 2.38. The lowest BCUT2D eigenvalue weighted by Gasteiger charge is -2.41. The number of piperazine rings is 1. The molecular weight excluding hydrogens is 240 g/mol. The van der Waals surface area contributed by atoms with Crippen molar-refractivity contribution < 1.29 is 9.59 Å². The molecule has 0 radical (unpaired) electrons. The predicted molar refractivity (Wildman–Crippen MR) is 76.6 cm³/mol. The Kier molecular flexibility index (Phi) is 5.83. The number of nitrogens with zero attached hydrogens (tertiary/aromatic N) is 1. The highest BCUT2D eigenvalue weighted by molar-refractivity contribution is 5.95. The van der Waals surface area contributed by atoms with Crippen LogP contribution in [0.4, 0.5) is 0 Å². The van der Waals surface area contributed by atoms with E-state index in [1.165, 1.54) is 6.42 Å². The normalized spacial score (nSPS) is 22.1. The molecule has 1 rings (SSSR count). The summed E-state index contributed by atoms with van der Waals surface area (Å²) in [7, 11) is 0. The Morgan fingerprint density at radius 3 is 2.32 bits per heavy atom. The van der Waals surface area contributed by atoms with Crippen LogP contribution in [0.25, 0.3) is 0 Å². The van der Waals surface area contributed by atoms with Gasteiger partial charge in [0.25, 0.3) is 0 Å². The van der Waals surface area contributed by atoms with Crippen LogP contribution in [0.2, 0.25) is 0 Å². The Bertz CT molecular complexity index is 326. The summed E-state index contributed by atoms with van der Waals surface area (Å²) in [6.45, 7) is 10.6. The fourth-order valence-electron chi connectivity index (χ4n) is 2.74. The summed E-state index contributed by atoms with van der Waals surface area (Å²) in [4.78, 5) is 25.9. The summed E-state index contributed by atoms with van der Waals surface area (Å²) in [6, 6.07) is -0.167. The number of hydrogen-bond donors (Lipinski definition) is 1. The standard InChI is InChI=1S/C15H28N2O2/c1-10(2)7-6-8-12(5)17-13(18)9-16-15(19)14(17)11(3)4/h10-12,14H,6-9H2,1-5H3,(H,16,19). The van der Waals surface area contributed by atoms with E-state index < -0.39 is 0 Å². The molecule has 1 fully saturated rings. The predicted octanol–water partition coefficient (Wildman–Crippen LogP) is 2.18. The zero-order valence-electron chi connectivity index (χ0n) is 12.9. The van der Waals surface area contributed by atoms with Crippen LogP contribution in [0.5, 0.6) is 0 Å². The van der Waals surface area contributed by atoms with Crippen molar-refractivity contribution in [2.75, 3.05) is 6.54 Å². The van der Waals surface area contributed by atoms with Gasteiger partial charge in [0.15, 0.2) is 0 Å². The molecule has 0 aromatic carbocycles. The molecule has 1 aliphatic heterocycles. The van der Waals surface area contributed by atoms with E-state index in [4.69, 9.17) is 0 Å². The quantitative estimate of drug-likeness (QED) is 0.802. The van der Waals surface area contributed by atoms with Gasteiger partial charge in [-0.15, -0.1) is 0 Å². The van der Waals surface area contributed by atoms with Gasteiger partial charge in [-0.05, 0) is 25.2 Å². The van der Waals surface area contributed by atoms with Crippen molar-refractivity contribution in [3.05, 3.63) is 0 Å². The molecule has 2 unspecified atom stereocenters. The molecule has 0 saturated carbocycles. The monoisotopic (exact) mass is 268 g/mol. The molecule has 1 aliphatic rings. The van der Waals surface area contributed by atoms with Crippen molar-refractivity contribution in [3.8, 4) is 0 Å². The summed E-state index contributed by atoms with van der Waals surface area (Å²) in [5, 5.41) is 2.69. The van der Waals surface area contributed by atoms with Gasteiger partial charge in [-0.3, -0.25) is 9.59 Å². The van der Waals surface area contributed by atoms with Gasteiger partial charge in [-0.25, -0.2) is 0 Å². The van der Waals surface area contributed by atoms with E-state index in [9.17, 15) is 9.59 Å². The van der Waals surface area contributed by atoms with Crippen molar-refractivity contribution in [2.45, 2.75) is 66.0 Å². The molecule has 4 nitrogen and oxygen atoms in total. The van der Waals surface area contributed by atoms with Gasteiger partial charge in [0.1, 0.15) is 6.04 Å². The second kappa shape index (κ2) is 6.92. The fraction of sp³-hybridized carbons (Fsp3) is 0.867. The van der Waals surface area contributed by atoms with Crippen molar-refractivity contribution in [3.63, 3.8) is 0 Å². The maximum absolute atomic E-state index is 12.1. The zero-order chi connectivity index (χ0) is 14.6. The zero-order valence-corrected chi connectivity index (χ0v) is 12.9. The topological polar surface area (TPSA) is 49.4 Å². The van der Waals surface area contributed by atoms with Crippen LogP contribution in [0, 0.1) is 11.8 Å². The van der Waals surface area contributed by atoms with Crippen LogP contribution in [0.15, 0.2) is 0 Å². The lowest BCUT2D eigenvalue weighted by Crippen LogP contribution is -2.62. The minimum Gasteiger partial charge on any atom is -0.345 e. The Hall–Kier alpha value is -1.06. The molecule has 1 N–H and O–H groups in total. The first-order valence-electron chi connectivity index (χ1n) is 7.43. The summed E-state index contributed by atoms with van der Waals surface area (Å²) in [6.07, 6.45) is 3.25. The maximum Gasteiger partial charge on any atom is 0.243 e. The third-order valence-electron chi connectivity index (χ3n) is 3.78. The maximum atomic E-state index is 12.1. The third-order valence-corrected chi connectivity index (χ3v) is 3.78. The van der Waals surface area contributed by atoms with E-state index in [1.54, 1.807) is 0 Å². The Morgan fingerprint density at radius 1 is 1.16 bits per heavy atom. The number of nitrogens with one attached hydrogen (secondary N) is 1. The Morgan fingerprint density at radius 2 is 1.79 bits per heavy atom. The van der Waals surface area contributed by atoms with Crippen molar-refractivity contribution >= 4 is 11.8 Å². The van der Waals surface area contributed by atoms with Crippen LogP contribution < -0.4 is 5.32 Å². The minimum atomic E-state index is -0.310. The van der Waals surface area contributed by atoms with Crippen LogP contribution in [-0.4, -0.2) is 35.3 Å². The summed E-state index contributed by atoms with van der Waals surface area (Å²) >= 11 is 0. The van der Waals surface area contributed by atoms with Crippen molar-refractivity contribution in [2.24, 2.45) is 11.8 Å². The molecule has 0 bridgehead atoms. The fourth-order valence-corrected chi connectivity index (χ4v) is 2.74. The first-order valence-corrected chi connectivity index (χ1v) is 7.43. The number of carbonyl (C=O) groups is 2. The number of hydrogen-bond acceptors (Lipinski definition) is 2. The minimum absolute atomic E-state index is 0.00897. The van der Waals surface area contributed by atoms with Crippen LogP contribution in [0.3, 0.4) is 0 Å². The van der Waals surface area contributed by atoms with Gasteiger partial charge < -0.3 is 10.2 Å². The molecule has 19 heavy (non-hydrogen) atoms. The molecule has 2 amide bonds. The lowest BCUT2D eigenvalue weighted by molar-refractivity contribution is -0.150. The Balaban J connectivity index is 2.68. The summed E-state index contributed by atoms with van der Waals surface area (Å²) < 4.78 is 0. The van der Waals surface area contributed by atoms with E-state index >= 15 is 0 Å². The van der Waals surface area contributed by atoms with Gasteiger partial charge in [0.2, 0.25) is 11.8 Å². The van der Waals surface area contributed by atoms with Gasteiger partial charge >= 0.3 is 0 Å². The van der Waals surface area contributed by atoms with Crippen molar-refractivity contribution in [1.29, 1.82) is 0 Å². The molecule has 0 aliphatic carbocycles. The highest BCUT2D eigenvalue weighted by Crippen LogP contribution is 2.21. The molecule has 4 heteroatoms. The molecular formula is C15H28N2O2. The summed E-state index contributed by atoms with van der Waals surface area (Å²) in [5.41, 5.74) is 0.